The van der Waals surface area contributed by atoms with Gasteiger partial charge in [0.05, 0.1) is 5.75 Å². The highest BCUT2D eigenvalue weighted by Gasteiger charge is 2.25. The Kier molecular flexibility index (Phi) is 3.32. The highest BCUT2D eigenvalue weighted by atomic mass is 32.2. The molecule has 0 saturated heterocycles. The lowest BCUT2D eigenvalue weighted by molar-refractivity contribution is -0.390. The van der Waals surface area contributed by atoms with Crippen LogP contribution in [0.1, 0.15) is 24.4 Å². The Balaban J connectivity index is 3.08. The van der Waals surface area contributed by atoms with Crippen molar-refractivity contribution in [1.29, 1.82) is 0 Å². The fourth-order valence-corrected chi connectivity index (χ4v) is 2.58. The number of aromatic nitrogens is 2. The number of nitrogens with zero attached hydrogens (tertiary/aromatic N) is 2. The maximum absolute atomic E-state index is 11.1. The van der Waals surface area contributed by atoms with Gasteiger partial charge < -0.3 is 10.1 Å². The molecule has 0 bridgehead atoms. The largest absolute Gasteiger partial charge is 0.358 e. The first-order valence-corrected chi connectivity index (χ1v) is 6.65. The summed E-state index contributed by atoms with van der Waals surface area (Å²) in [6.45, 7) is 3.19. The van der Waals surface area contributed by atoms with Crippen molar-refractivity contribution in [1.82, 2.24) is 9.97 Å². The van der Waals surface area contributed by atoms with Crippen molar-refractivity contribution >= 4 is 15.7 Å². The number of H-pyrrole nitrogens is 1. The highest BCUT2D eigenvalue weighted by molar-refractivity contribution is 7.90. The average Bonchev–Trinajstić information content (AvgIpc) is 2.44. The molecule has 0 amide bonds. The van der Waals surface area contributed by atoms with E-state index in [0.29, 0.717) is 5.82 Å². The van der Waals surface area contributed by atoms with Gasteiger partial charge in [-0.15, -0.1) is 0 Å². The Bertz CT molecular complexity index is 505. The third-order valence-electron chi connectivity index (χ3n) is 2.03. The minimum atomic E-state index is -3.18. The van der Waals surface area contributed by atoms with Crippen LogP contribution in [0.3, 0.4) is 0 Å². The zero-order valence-corrected chi connectivity index (χ0v) is 10.0. The van der Waals surface area contributed by atoms with Crippen LogP contribution in [0.2, 0.25) is 0 Å². The van der Waals surface area contributed by atoms with Gasteiger partial charge in [0.1, 0.15) is 15.5 Å². The van der Waals surface area contributed by atoms with Gasteiger partial charge in [0.2, 0.25) is 0 Å². The summed E-state index contributed by atoms with van der Waals surface area (Å²) in [5.74, 6) is -0.478. The minimum Gasteiger partial charge on any atom is -0.358 e. The molecule has 90 valence electrons. The van der Waals surface area contributed by atoms with Crippen LogP contribution in [0.15, 0.2) is 0 Å². The smallest absolute Gasteiger partial charge is 0.344 e. The Morgan fingerprint density at radius 1 is 1.56 bits per heavy atom. The van der Waals surface area contributed by atoms with E-state index in [-0.39, 0.29) is 17.3 Å². The van der Waals surface area contributed by atoms with Crippen LogP contribution in [0.5, 0.6) is 0 Å². The first-order chi connectivity index (χ1) is 7.20. The number of aromatic amines is 1. The molecule has 0 spiro atoms. The van der Waals surface area contributed by atoms with Gasteiger partial charge in [-0.3, -0.25) is 0 Å². The van der Waals surface area contributed by atoms with E-state index in [2.05, 4.69) is 9.97 Å². The second kappa shape index (κ2) is 4.20. The second-order valence-corrected chi connectivity index (χ2v) is 5.99. The number of sulfone groups is 1. The van der Waals surface area contributed by atoms with Gasteiger partial charge >= 0.3 is 5.82 Å². The summed E-state index contributed by atoms with van der Waals surface area (Å²) < 4.78 is 22.2. The Morgan fingerprint density at radius 3 is 2.56 bits per heavy atom. The molecule has 0 radical (unpaired) electrons. The molecule has 0 aliphatic rings. The summed E-state index contributed by atoms with van der Waals surface area (Å²) in [4.78, 5) is 16.6. The molecule has 1 unspecified atom stereocenters. The number of nitro groups is 1. The van der Waals surface area contributed by atoms with E-state index in [4.69, 9.17) is 0 Å². The summed E-state index contributed by atoms with van der Waals surface area (Å²) in [5.41, 5.74) is 0.188. The maximum atomic E-state index is 11.1. The van der Waals surface area contributed by atoms with E-state index in [1.165, 1.54) is 0 Å². The molecule has 8 heteroatoms. The molecule has 1 aromatic heterocycles. The van der Waals surface area contributed by atoms with Crippen LogP contribution in [0, 0.1) is 17.0 Å². The molecule has 0 saturated carbocycles. The van der Waals surface area contributed by atoms with Crippen molar-refractivity contribution in [2.75, 3.05) is 12.0 Å². The van der Waals surface area contributed by atoms with Gasteiger partial charge in [-0.2, -0.15) is 0 Å². The second-order valence-electron chi connectivity index (χ2n) is 3.81. The predicted molar refractivity (Wildman–Crippen MR) is 58.1 cm³/mol. The molecule has 0 aromatic carbocycles. The lowest BCUT2D eigenvalue weighted by Crippen LogP contribution is -2.12. The molecule has 0 fully saturated rings. The normalized spacial score (nSPS) is 13.7. The van der Waals surface area contributed by atoms with Crippen molar-refractivity contribution in [2.24, 2.45) is 0 Å². The Labute approximate surface area is 93.0 Å². The van der Waals surface area contributed by atoms with E-state index >= 15 is 0 Å². The first-order valence-electron chi connectivity index (χ1n) is 4.59. The van der Waals surface area contributed by atoms with E-state index in [0.717, 1.165) is 6.26 Å². The van der Waals surface area contributed by atoms with Gasteiger partial charge in [0.25, 0.3) is 0 Å². The maximum Gasteiger partial charge on any atom is 0.344 e. The van der Waals surface area contributed by atoms with Crippen molar-refractivity contribution in [3.63, 3.8) is 0 Å². The third-order valence-corrected chi connectivity index (χ3v) is 3.14. The number of rotatable bonds is 4. The fourth-order valence-electron chi connectivity index (χ4n) is 1.51. The predicted octanol–water partition coefficient (Wildman–Crippen LogP) is 0.774. The van der Waals surface area contributed by atoms with Crippen LogP contribution in [-0.2, 0) is 9.84 Å². The van der Waals surface area contributed by atoms with Crippen LogP contribution in [-0.4, -0.2) is 35.3 Å². The molecule has 1 N–H and O–H groups in total. The minimum absolute atomic E-state index is 0.155. The van der Waals surface area contributed by atoms with E-state index in [9.17, 15) is 18.5 Å². The number of aryl methyl sites for hydroxylation is 1. The average molecular weight is 247 g/mol. The molecule has 1 heterocycles. The van der Waals surface area contributed by atoms with Gasteiger partial charge in [-0.1, -0.05) is 6.92 Å². The van der Waals surface area contributed by atoms with Crippen molar-refractivity contribution < 1.29 is 13.3 Å². The molecule has 1 atom stereocenters. The monoisotopic (exact) mass is 247 g/mol. The standard InChI is InChI=1S/C8H13N3O4S/c1-5(4-16(3,14)15)7-8(11(12)13)10-6(2)9-7/h5H,4H2,1-3H3,(H,9,10). The highest BCUT2D eigenvalue weighted by Crippen LogP contribution is 2.24. The SMILES string of the molecule is Cc1nc(C(C)CS(C)(=O)=O)c([N+](=O)[O-])[nH]1. The van der Waals surface area contributed by atoms with Crippen LogP contribution < -0.4 is 0 Å². The number of nitrogens with one attached hydrogen (secondary N) is 1. The molecule has 7 nitrogen and oxygen atoms in total. The summed E-state index contributed by atoms with van der Waals surface area (Å²) >= 11 is 0. The Morgan fingerprint density at radius 2 is 2.12 bits per heavy atom. The number of hydrogen-bond acceptors (Lipinski definition) is 5. The topological polar surface area (TPSA) is 106 Å². The van der Waals surface area contributed by atoms with Crippen molar-refractivity contribution in [3.8, 4) is 0 Å². The van der Waals surface area contributed by atoms with Gasteiger partial charge in [-0.25, -0.2) is 18.4 Å². The first kappa shape index (κ1) is 12.6. The van der Waals surface area contributed by atoms with Gasteiger partial charge in [-0.05, 0) is 4.92 Å². The molecular weight excluding hydrogens is 234 g/mol. The van der Waals surface area contributed by atoms with Crippen LogP contribution in [0.4, 0.5) is 5.82 Å². The molecule has 0 aliphatic heterocycles. The van der Waals surface area contributed by atoms with E-state index in [1.807, 2.05) is 0 Å². The molecule has 1 aromatic rings. The summed E-state index contributed by atoms with van der Waals surface area (Å²) in [6.07, 6.45) is 1.09. The van der Waals surface area contributed by atoms with Crippen LogP contribution >= 0.6 is 0 Å². The fraction of sp³-hybridized carbons (Fsp3) is 0.625. The molecule has 1 rings (SSSR count). The lowest BCUT2D eigenvalue weighted by atomic mass is 10.1. The van der Waals surface area contributed by atoms with Crippen molar-refractivity contribution in [3.05, 3.63) is 21.6 Å². The molecular formula is C8H13N3O4S. The Hall–Kier alpha value is -1.44. The van der Waals surface area contributed by atoms with Gasteiger partial charge in [0.15, 0.2) is 5.82 Å². The van der Waals surface area contributed by atoms with Crippen molar-refractivity contribution in [2.45, 2.75) is 19.8 Å². The quantitative estimate of drug-likeness (QED) is 0.625. The zero-order valence-electron chi connectivity index (χ0n) is 9.22. The van der Waals surface area contributed by atoms with E-state index in [1.54, 1.807) is 13.8 Å². The number of imidazole rings is 1. The molecule has 0 aliphatic carbocycles. The lowest BCUT2D eigenvalue weighted by Gasteiger charge is -2.06. The molecule has 16 heavy (non-hydrogen) atoms. The number of hydrogen-bond donors (Lipinski definition) is 1. The summed E-state index contributed by atoms with van der Waals surface area (Å²) in [7, 11) is -3.18. The van der Waals surface area contributed by atoms with E-state index < -0.39 is 20.7 Å². The summed E-state index contributed by atoms with van der Waals surface area (Å²) in [6, 6.07) is 0. The third kappa shape index (κ3) is 3.02. The van der Waals surface area contributed by atoms with Gasteiger partial charge in [0, 0.05) is 19.1 Å². The zero-order chi connectivity index (χ0) is 12.5. The van der Waals surface area contributed by atoms with Crippen LogP contribution in [0.25, 0.3) is 0 Å². The summed E-state index contributed by atoms with van der Waals surface area (Å²) in [5, 5.41) is 10.7.